The van der Waals surface area contributed by atoms with Crippen LogP contribution in [0.25, 0.3) is 0 Å². The van der Waals surface area contributed by atoms with E-state index in [9.17, 15) is 9.90 Å². The SMILES string of the molecule is COC(=O)C(C)(O)CNCC(C)CSC. The van der Waals surface area contributed by atoms with Crippen LogP contribution >= 0.6 is 11.8 Å². The van der Waals surface area contributed by atoms with Gasteiger partial charge in [-0.1, -0.05) is 6.92 Å². The molecule has 0 spiro atoms. The Balaban J connectivity index is 3.79. The van der Waals surface area contributed by atoms with Gasteiger partial charge in [-0.25, -0.2) is 4.79 Å². The largest absolute Gasteiger partial charge is 0.467 e. The minimum Gasteiger partial charge on any atom is -0.467 e. The summed E-state index contributed by atoms with van der Waals surface area (Å²) in [5.41, 5.74) is -1.44. The molecule has 0 heterocycles. The lowest BCUT2D eigenvalue weighted by Crippen LogP contribution is -2.46. The third kappa shape index (κ3) is 6.02. The Kier molecular flexibility index (Phi) is 6.96. The molecule has 15 heavy (non-hydrogen) atoms. The summed E-state index contributed by atoms with van der Waals surface area (Å²) >= 11 is 1.78. The van der Waals surface area contributed by atoms with Gasteiger partial charge in [0.1, 0.15) is 0 Å². The zero-order chi connectivity index (χ0) is 11.9. The van der Waals surface area contributed by atoms with E-state index in [0.717, 1.165) is 12.3 Å². The first-order valence-corrected chi connectivity index (χ1v) is 6.34. The van der Waals surface area contributed by atoms with Crippen molar-refractivity contribution >= 4 is 17.7 Å². The standard InChI is InChI=1S/C10H21NO3S/c1-8(6-15-4)5-11-7-10(2,13)9(12)14-3/h8,11,13H,5-7H2,1-4H3. The molecule has 0 saturated carbocycles. The molecule has 5 heteroatoms. The van der Waals surface area contributed by atoms with Gasteiger partial charge in [0.2, 0.25) is 0 Å². The zero-order valence-electron chi connectivity index (χ0n) is 9.87. The Hall–Kier alpha value is -0.260. The van der Waals surface area contributed by atoms with Gasteiger partial charge in [-0.2, -0.15) is 11.8 Å². The third-order valence-electron chi connectivity index (χ3n) is 2.04. The van der Waals surface area contributed by atoms with Crippen LogP contribution in [0.1, 0.15) is 13.8 Å². The second kappa shape index (κ2) is 7.09. The van der Waals surface area contributed by atoms with Gasteiger partial charge in [-0.05, 0) is 31.4 Å². The van der Waals surface area contributed by atoms with Crippen LogP contribution in [0.2, 0.25) is 0 Å². The molecule has 0 saturated heterocycles. The lowest BCUT2D eigenvalue weighted by atomic mass is 10.1. The van der Waals surface area contributed by atoms with E-state index >= 15 is 0 Å². The van der Waals surface area contributed by atoms with Crippen molar-refractivity contribution in [3.8, 4) is 0 Å². The number of rotatable bonds is 7. The van der Waals surface area contributed by atoms with E-state index in [0.29, 0.717) is 5.92 Å². The van der Waals surface area contributed by atoms with Crippen molar-refractivity contribution in [1.29, 1.82) is 0 Å². The molecule has 0 radical (unpaired) electrons. The van der Waals surface area contributed by atoms with Crippen molar-refractivity contribution in [1.82, 2.24) is 5.32 Å². The zero-order valence-corrected chi connectivity index (χ0v) is 10.7. The summed E-state index contributed by atoms with van der Waals surface area (Å²) in [5, 5.41) is 12.7. The number of hydrogen-bond donors (Lipinski definition) is 2. The molecule has 90 valence electrons. The van der Waals surface area contributed by atoms with Crippen LogP contribution in [0, 0.1) is 5.92 Å². The molecule has 0 aromatic heterocycles. The van der Waals surface area contributed by atoms with Gasteiger partial charge in [0.05, 0.1) is 7.11 Å². The van der Waals surface area contributed by atoms with Crippen LogP contribution in [0.15, 0.2) is 0 Å². The lowest BCUT2D eigenvalue weighted by molar-refractivity contribution is -0.159. The van der Waals surface area contributed by atoms with Crippen molar-refractivity contribution in [2.75, 3.05) is 32.2 Å². The number of carbonyl (C=O) groups is 1. The summed E-state index contributed by atoms with van der Waals surface area (Å²) in [6.07, 6.45) is 2.06. The van der Waals surface area contributed by atoms with Gasteiger partial charge in [-0.3, -0.25) is 0 Å². The van der Waals surface area contributed by atoms with E-state index < -0.39 is 11.6 Å². The van der Waals surface area contributed by atoms with Crippen LogP contribution in [0.3, 0.4) is 0 Å². The fourth-order valence-electron chi connectivity index (χ4n) is 1.20. The first kappa shape index (κ1) is 14.7. The maximum Gasteiger partial charge on any atom is 0.338 e. The van der Waals surface area contributed by atoms with Crippen molar-refractivity contribution in [3.05, 3.63) is 0 Å². The molecule has 0 aliphatic heterocycles. The van der Waals surface area contributed by atoms with Crippen molar-refractivity contribution in [3.63, 3.8) is 0 Å². The molecule has 4 nitrogen and oxygen atoms in total. The molecule has 0 fully saturated rings. The number of hydrogen-bond acceptors (Lipinski definition) is 5. The average Bonchev–Trinajstić information content (AvgIpc) is 2.16. The Morgan fingerprint density at radius 1 is 1.67 bits per heavy atom. The summed E-state index contributed by atoms with van der Waals surface area (Å²) < 4.78 is 4.49. The number of esters is 1. The molecule has 0 amide bonds. The molecular weight excluding hydrogens is 214 g/mol. The van der Waals surface area contributed by atoms with E-state index in [1.54, 1.807) is 11.8 Å². The topological polar surface area (TPSA) is 58.6 Å². The molecule has 0 bridgehead atoms. The molecular formula is C10H21NO3S. The fraction of sp³-hybridized carbons (Fsp3) is 0.900. The quantitative estimate of drug-likeness (QED) is 0.629. The number of thioether (sulfide) groups is 1. The van der Waals surface area contributed by atoms with Crippen LogP contribution in [0.4, 0.5) is 0 Å². The van der Waals surface area contributed by atoms with E-state index in [4.69, 9.17) is 0 Å². The molecule has 0 aromatic carbocycles. The molecule has 0 aliphatic rings. The maximum absolute atomic E-state index is 11.1. The highest BCUT2D eigenvalue weighted by molar-refractivity contribution is 7.98. The Labute approximate surface area is 95.8 Å². The summed E-state index contributed by atoms with van der Waals surface area (Å²) in [7, 11) is 1.27. The third-order valence-corrected chi connectivity index (χ3v) is 2.94. The van der Waals surface area contributed by atoms with Crippen LogP contribution in [-0.2, 0) is 9.53 Å². The molecule has 0 aromatic rings. The Morgan fingerprint density at radius 3 is 2.73 bits per heavy atom. The molecule has 0 aliphatic carbocycles. The average molecular weight is 235 g/mol. The number of methoxy groups -OCH3 is 1. The number of nitrogens with one attached hydrogen (secondary N) is 1. The van der Waals surface area contributed by atoms with Crippen LogP contribution < -0.4 is 5.32 Å². The monoisotopic (exact) mass is 235 g/mol. The summed E-state index contributed by atoms with van der Waals surface area (Å²) in [5.74, 6) is 0.980. The minimum atomic E-state index is -1.44. The van der Waals surface area contributed by atoms with Gasteiger partial charge in [0.15, 0.2) is 5.60 Å². The van der Waals surface area contributed by atoms with E-state index in [1.165, 1.54) is 14.0 Å². The molecule has 0 rings (SSSR count). The van der Waals surface area contributed by atoms with Crippen molar-refractivity contribution in [2.24, 2.45) is 5.92 Å². The highest BCUT2D eigenvalue weighted by Gasteiger charge is 2.30. The predicted molar refractivity (Wildman–Crippen MR) is 63.1 cm³/mol. The predicted octanol–water partition coefficient (Wildman–Crippen LogP) is 0.499. The normalized spacial score (nSPS) is 16.9. The Bertz CT molecular complexity index is 197. The van der Waals surface area contributed by atoms with E-state index in [-0.39, 0.29) is 6.54 Å². The van der Waals surface area contributed by atoms with Crippen LogP contribution in [0.5, 0.6) is 0 Å². The van der Waals surface area contributed by atoms with Gasteiger partial charge in [-0.15, -0.1) is 0 Å². The van der Waals surface area contributed by atoms with Gasteiger partial charge in [0, 0.05) is 6.54 Å². The highest BCUT2D eigenvalue weighted by atomic mass is 32.2. The van der Waals surface area contributed by atoms with Crippen molar-refractivity contribution < 1.29 is 14.6 Å². The molecule has 2 unspecified atom stereocenters. The first-order valence-electron chi connectivity index (χ1n) is 4.94. The highest BCUT2D eigenvalue weighted by Crippen LogP contribution is 2.06. The van der Waals surface area contributed by atoms with Crippen LogP contribution in [-0.4, -0.2) is 48.9 Å². The Morgan fingerprint density at radius 2 is 2.27 bits per heavy atom. The summed E-state index contributed by atoms with van der Waals surface area (Å²) in [6.45, 7) is 4.58. The van der Waals surface area contributed by atoms with Gasteiger partial charge >= 0.3 is 5.97 Å². The summed E-state index contributed by atoms with van der Waals surface area (Å²) in [4.78, 5) is 11.1. The second-order valence-corrected chi connectivity index (χ2v) is 4.87. The molecule has 2 N–H and O–H groups in total. The van der Waals surface area contributed by atoms with Gasteiger partial charge in [0.25, 0.3) is 0 Å². The van der Waals surface area contributed by atoms with E-state index in [1.807, 2.05) is 0 Å². The molecule has 2 atom stereocenters. The smallest absolute Gasteiger partial charge is 0.338 e. The van der Waals surface area contributed by atoms with Crippen molar-refractivity contribution in [2.45, 2.75) is 19.4 Å². The fourth-order valence-corrected chi connectivity index (χ4v) is 1.88. The maximum atomic E-state index is 11.1. The number of aliphatic hydroxyl groups is 1. The number of carbonyl (C=O) groups excluding carboxylic acids is 1. The first-order chi connectivity index (χ1) is 6.94. The number of ether oxygens (including phenoxy) is 1. The minimum absolute atomic E-state index is 0.221. The second-order valence-electron chi connectivity index (χ2n) is 3.96. The van der Waals surface area contributed by atoms with Gasteiger partial charge < -0.3 is 15.2 Å². The van der Waals surface area contributed by atoms with E-state index in [2.05, 4.69) is 23.2 Å². The lowest BCUT2D eigenvalue weighted by Gasteiger charge is -2.21. The summed E-state index contributed by atoms with van der Waals surface area (Å²) in [6, 6.07) is 0.